The van der Waals surface area contributed by atoms with Crippen LogP contribution in [0.2, 0.25) is 0 Å². The Morgan fingerprint density at radius 3 is 1.39 bits per heavy atom. The third-order valence-corrected chi connectivity index (χ3v) is 3.10. The predicted molar refractivity (Wildman–Crippen MR) is 70.9 cm³/mol. The van der Waals surface area contributed by atoms with Gasteiger partial charge in [-0.2, -0.15) is 10.5 Å². The minimum absolute atomic E-state index is 0.636. The first-order valence-electron chi connectivity index (χ1n) is 5.58. The SMILES string of the molecule is N#Cc1ccc2ccc3ccc(C#N)cc3c2c1. The van der Waals surface area contributed by atoms with Crippen LogP contribution in [0.3, 0.4) is 0 Å². The molecule has 2 heteroatoms. The molecule has 0 heterocycles. The zero-order valence-electron chi connectivity index (χ0n) is 9.51. The zero-order chi connectivity index (χ0) is 12.5. The Bertz CT molecular complexity index is 776. The Kier molecular flexibility index (Phi) is 2.22. The minimum Gasteiger partial charge on any atom is -0.192 e. The van der Waals surface area contributed by atoms with Gasteiger partial charge < -0.3 is 0 Å². The van der Waals surface area contributed by atoms with Crippen LogP contribution in [0.4, 0.5) is 0 Å². The minimum atomic E-state index is 0.636. The van der Waals surface area contributed by atoms with Gasteiger partial charge in [0.25, 0.3) is 0 Å². The summed E-state index contributed by atoms with van der Waals surface area (Å²) in [5, 5.41) is 22.1. The molecule has 0 saturated carbocycles. The van der Waals surface area contributed by atoms with Crippen LogP contribution >= 0.6 is 0 Å². The molecule has 0 spiro atoms. The first-order valence-corrected chi connectivity index (χ1v) is 5.58. The fraction of sp³-hybridized carbons (Fsp3) is 0. The average molecular weight is 228 g/mol. The van der Waals surface area contributed by atoms with E-state index in [0.29, 0.717) is 11.1 Å². The van der Waals surface area contributed by atoms with Gasteiger partial charge in [0.1, 0.15) is 0 Å². The van der Waals surface area contributed by atoms with Crippen LogP contribution in [-0.4, -0.2) is 0 Å². The molecule has 0 aliphatic rings. The van der Waals surface area contributed by atoms with Crippen molar-refractivity contribution in [3.05, 3.63) is 59.7 Å². The maximum Gasteiger partial charge on any atom is 0.0991 e. The molecule has 18 heavy (non-hydrogen) atoms. The Morgan fingerprint density at radius 1 is 0.611 bits per heavy atom. The van der Waals surface area contributed by atoms with E-state index >= 15 is 0 Å². The number of nitriles is 2. The van der Waals surface area contributed by atoms with Crippen molar-refractivity contribution in [2.24, 2.45) is 0 Å². The number of nitrogens with zero attached hydrogens (tertiary/aromatic N) is 2. The van der Waals surface area contributed by atoms with Crippen molar-refractivity contribution in [1.82, 2.24) is 0 Å². The van der Waals surface area contributed by atoms with E-state index in [1.807, 2.05) is 48.5 Å². The van der Waals surface area contributed by atoms with Gasteiger partial charge in [0.15, 0.2) is 0 Å². The van der Waals surface area contributed by atoms with Crippen LogP contribution < -0.4 is 0 Å². The van der Waals surface area contributed by atoms with Gasteiger partial charge in [0.2, 0.25) is 0 Å². The molecule has 0 unspecified atom stereocenters. The van der Waals surface area contributed by atoms with Gasteiger partial charge in [-0.1, -0.05) is 24.3 Å². The maximum atomic E-state index is 8.97. The second-order valence-electron chi connectivity index (χ2n) is 4.16. The molecule has 0 radical (unpaired) electrons. The highest BCUT2D eigenvalue weighted by molar-refractivity contribution is 6.08. The van der Waals surface area contributed by atoms with Crippen molar-refractivity contribution >= 4 is 21.5 Å². The molecule has 0 saturated heterocycles. The Labute approximate surface area is 104 Å². The Balaban J connectivity index is 2.50. The van der Waals surface area contributed by atoms with Gasteiger partial charge in [-0.15, -0.1) is 0 Å². The van der Waals surface area contributed by atoms with Crippen LogP contribution in [0, 0.1) is 22.7 Å². The summed E-state index contributed by atoms with van der Waals surface area (Å²) in [6.45, 7) is 0. The first-order chi connectivity index (χ1) is 8.81. The molecule has 0 bridgehead atoms. The fourth-order valence-electron chi connectivity index (χ4n) is 2.19. The highest BCUT2D eigenvalue weighted by Gasteiger charge is 2.03. The summed E-state index contributed by atoms with van der Waals surface area (Å²) < 4.78 is 0. The van der Waals surface area contributed by atoms with Crippen LogP contribution in [0.15, 0.2) is 48.5 Å². The largest absolute Gasteiger partial charge is 0.192 e. The quantitative estimate of drug-likeness (QED) is 0.550. The van der Waals surface area contributed by atoms with Crippen molar-refractivity contribution in [1.29, 1.82) is 10.5 Å². The molecule has 0 aromatic heterocycles. The summed E-state index contributed by atoms with van der Waals surface area (Å²) in [7, 11) is 0. The lowest BCUT2D eigenvalue weighted by Crippen LogP contribution is -1.82. The summed E-state index contributed by atoms with van der Waals surface area (Å²) in [5.41, 5.74) is 1.27. The normalized spacial score (nSPS) is 10.1. The van der Waals surface area contributed by atoms with Crippen LogP contribution in [0.1, 0.15) is 11.1 Å². The number of hydrogen-bond donors (Lipinski definition) is 0. The van der Waals surface area contributed by atoms with E-state index in [1.165, 1.54) is 0 Å². The van der Waals surface area contributed by atoms with E-state index in [-0.39, 0.29) is 0 Å². The summed E-state index contributed by atoms with van der Waals surface area (Å²) in [4.78, 5) is 0. The van der Waals surface area contributed by atoms with Gasteiger partial charge >= 0.3 is 0 Å². The molecule has 2 nitrogen and oxygen atoms in total. The third-order valence-electron chi connectivity index (χ3n) is 3.10. The van der Waals surface area contributed by atoms with Crippen LogP contribution in [0.5, 0.6) is 0 Å². The van der Waals surface area contributed by atoms with Crippen molar-refractivity contribution in [2.75, 3.05) is 0 Å². The number of benzene rings is 3. The lowest BCUT2D eigenvalue weighted by atomic mass is 9.99. The Morgan fingerprint density at radius 2 is 1.00 bits per heavy atom. The van der Waals surface area contributed by atoms with Gasteiger partial charge in [0.05, 0.1) is 23.3 Å². The summed E-state index contributed by atoms with van der Waals surface area (Å²) in [6.07, 6.45) is 0. The molecule has 3 aromatic rings. The molecule has 0 aliphatic heterocycles. The van der Waals surface area contributed by atoms with Crippen LogP contribution in [0.25, 0.3) is 21.5 Å². The fourth-order valence-corrected chi connectivity index (χ4v) is 2.19. The van der Waals surface area contributed by atoms with Crippen molar-refractivity contribution in [2.45, 2.75) is 0 Å². The summed E-state index contributed by atoms with van der Waals surface area (Å²) in [6, 6.07) is 19.6. The van der Waals surface area contributed by atoms with Crippen molar-refractivity contribution in [3.63, 3.8) is 0 Å². The molecular weight excluding hydrogens is 220 g/mol. The molecule has 3 rings (SSSR count). The molecule has 3 aromatic carbocycles. The molecule has 0 fully saturated rings. The Hall–Kier alpha value is -2.84. The second kappa shape index (κ2) is 3.87. The molecule has 0 N–H and O–H groups in total. The highest BCUT2D eigenvalue weighted by atomic mass is 14.2. The molecular formula is C16H8N2. The predicted octanol–water partition coefficient (Wildman–Crippen LogP) is 3.74. The van der Waals surface area contributed by atoms with Gasteiger partial charge in [-0.3, -0.25) is 0 Å². The van der Waals surface area contributed by atoms with Crippen molar-refractivity contribution < 1.29 is 0 Å². The third kappa shape index (κ3) is 1.49. The lowest BCUT2D eigenvalue weighted by Gasteiger charge is -2.04. The van der Waals surface area contributed by atoms with E-state index in [9.17, 15) is 0 Å². The highest BCUT2D eigenvalue weighted by Crippen LogP contribution is 2.27. The van der Waals surface area contributed by atoms with Crippen LogP contribution in [-0.2, 0) is 0 Å². The monoisotopic (exact) mass is 228 g/mol. The zero-order valence-corrected chi connectivity index (χ0v) is 9.51. The number of hydrogen-bond acceptors (Lipinski definition) is 2. The standard InChI is InChI=1S/C16H8N2/c17-9-11-1-3-13-5-6-14-4-2-12(10-18)8-16(14)15(13)7-11/h1-8H. The summed E-state index contributed by atoms with van der Waals surface area (Å²) >= 11 is 0. The van der Waals surface area contributed by atoms with Gasteiger partial charge in [0, 0.05) is 0 Å². The van der Waals surface area contributed by atoms with Gasteiger partial charge in [-0.25, -0.2) is 0 Å². The molecule has 82 valence electrons. The van der Waals surface area contributed by atoms with Gasteiger partial charge in [-0.05, 0) is 45.8 Å². The van der Waals surface area contributed by atoms with E-state index in [2.05, 4.69) is 12.1 Å². The summed E-state index contributed by atoms with van der Waals surface area (Å²) in [5.74, 6) is 0. The van der Waals surface area contributed by atoms with E-state index in [1.54, 1.807) is 0 Å². The first kappa shape index (κ1) is 10.3. The lowest BCUT2D eigenvalue weighted by molar-refractivity contribution is 1.49. The van der Waals surface area contributed by atoms with E-state index < -0.39 is 0 Å². The second-order valence-corrected chi connectivity index (χ2v) is 4.16. The smallest absolute Gasteiger partial charge is 0.0991 e. The van der Waals surface area contributed by atoms with E-state index in [4.69, 9.17) is 10.5 Å². The number of fused-ring (bicyclic) bond motifs is 3. The molecule has 0 amide bonds. The maximum absolute atomic E-state index is 8.97. The van der Waals surface area contributed by atoms with Crippen molar-refractivity contribution in [3.8, 4) is 12.1 Å². The molecule has 0 atom stereocenters. The number of rotatable bonds is 0. The topological polar surface area (TPSA) is 47.6 Å². The molecule has 0 aliphatic carbocycles. The van der Waals surface area contributed by atoms with E-state index in [0.717, 1.165) is 21.5 Å². The average Bonchev–Trinajstić information content (AvgIpc) is 2.45.